The summed E-state index contributed by atoms with van der Waals surface area (Å²) in [5, 5.41) is 9.15. The molecule has 0 atom stereocenters. The number of amides is 4. The minimum absolute atomic E-state index is 0.0304. The van der Waals surface area contributed by atoms with Crippen molar-refractivity contribution >= 4 is 58.3 Å². The summed E-state index contributed by atoms with van der Waals surface area (Å²) in [6.07, 6.45) is 6.97. The van der Waals surface area contributed by atoms with E-state index >= 15 is 0 Å². The monoisotopic (exact) mass is 350 g/mol. The molecule has 0 aromatic carbocycles. The summed E-state index contributed by atoms with van der Waals surface area (Å²) in [6.45, 7) is 0. The first-order chi connectivity index (χ1) is 10.9. The van der Waals surface area contributed by atoms with Gasteiger partial charge in [0.25, 0.3) is 11.8 Å². The molecule has 0 unspecified atom stereocenters. The lowest BCUT2D eigenvalue weighted by atomic mass is 10.1. The Balaban J connectivity index is 2.00. The van der Waals surface area contributed by atoms with E-state index in [0.29, 0.717) is 0 Å². The maximum Gasteiger partial charge on any atom is 0.263 e. The van der Waals surface area contributed by atoms with Crippen LogP contribution >= 0.6 is 24.4 Å². The van der Waals surface area contributed by atoms with Crippen molar-refractivity contribution in [1.29, 1.82) is 0 Å². The van der Waals surface area contributed by atoms with Crippen LogP contribution < -0.4 is 21.3 Å². The highest BCUT2D eigenvalue weighted by Crippen LogP contribution is 2.05. The lowest BCUT2D eigenvalue weighted by molar-refractivity contribution is -0.133. The lowest BCUT2D eigenvalue weighted by Crippen LogP contribution is -2.54. The molecule has 2 aliphatic heterocycles. The van der Waals surface area contributed by atoms with Gasteiger partial charge in [-0.05, 0) is 30.5 Å². The van der Waals surface area contributed by atoms with Gasteiger partial charge in [-0.1, -0.05) is 24.3 Å². The summed E-state index contributed by atoms with van der Waals surface area (Å²) >= 11 is 9.34. The molecular weight excluding hydrogens is 340 g/mol. The minimum Gasteiger partial charge on any atom is -0.302 e. The maximum absolute atomic E-state index is 11.6. The standard InChI is InChI=1S/C13H10N4O4S2/c18-8-6(9(19)15-12(22)14-8)4-2-1-3-5-7-10(20)16-13(23)17-11(7)21/h1-6H,(H2,14,15,18,19,22)(H2,16,17,20,21,23). The molecule has 2 fully saturated rings. The molecule has 10 heteroatoms. The second kappa shape index (κ2) is 7.03. The van der Waals surface area contributed by atoms with Gasteiger partial charge in [0.1, 0.15) is 11.5 Å². The Morgan fingerprint density at radius 3 is 1.83 bits per heavy atom. The van der Waals surface area contributed by atoms with Crippen LogP contribution in [-0.4, -0.2) is 33.9 Å². The van der Waals surface area contributed by atoms with E-state index < -0.39 is 29.5 Å². The van der Waals surface area contributed by atoms with Crippen LogP contribution in [0, 0.1) is 5.92 Å². The van der Waals surface area contributed by atoms with Crippen LogP contribution in [0.15, 0.2) is 36.0 Å². The molecule has 2 saturated heterocycles. The first kappa shape index (κ1) is 16.6. The molecule has 0 bridgehead atoms. The first-order valence-corrected chi connectivity index (χ1v) is 7.07. The SMILES string of the molecule is O=C1NC(=S)NC(=O)C1=CC=CC=CC1C(=O)NC(=S)NC1=O. The molecule has 0 aromatic rings. The number of thiocarbonyl (C=S) groups is 2. The smallest absolute Gasteiger partial charge is 0.263 e. The summed E-state index contributed by atoms with van der Waals surface area (Å²) in [6, 6.07) is 0. The number of rotatable bonds is 3. The Kier molecular flexibility index (Phi) is 5.09. The van der Waals surface area contributed by atoms with Crippen LogP contribution in [0.2, 0.25) is 0 Å². The van der Waals surface area contributed by atoms with E-state index in [1.54, 1.807) is 0 Å². The second-order valence-corrected chi connectivity index (χ2v) is 5.19. The van der Waals surface area contributed by atoms with Gasteiger partial charge in [0.2, 0.25) is 11.8 Å². The summed E-state index contributed by atoms with van der Waals surface area (Å²) in [5.41, 5.74) is -0.109. The van der Waals surface area contributed by atoms with Gasteiger partial charge < -0.3 is 10.6 Å². The van der Waals surface area contributed by atoms with Crippen molar-refractivity contribution in [3.8, 4) is 0 Å². The number of carbonyl (C=O) groups excluding carboxylic acids is 4. The number of carbonyl (C=O) groups is 4. The molecule has 0 spiro atoms. The van der Waals surface area contributed by atoms with Crippen molar-refractivity contribution in [3.05, 3.63) is 36.0 Å². The molecule has 4 amide bonds. The van der Waals surface area contributed by atoms with Crippen LogP contribution in [0.3, 0.4) is 0 Å². The maximum atomic E-state index is 11.6. The fourth-order valence-corrected chi connectivity index (χ4v) is 2.11. The zero-order valence-electron chi connectivity index (χ0n) is 11.4. The molecule has 8 nitrogen and oxygen atoms in total. The summed E-state index contributed by atoms with van der Waals surface area (Å²) in [4.78, 5) is 46.2. The van der Waals surface area contributed by atoms with Crippen LogP contribution in [0.1, 0.15) is 0 Å². The zero-order valence-corrected chi connectivity index (χ0v) is 13.0. The van der Waals surface area contributed by atoms with E-state index in [0.717, 1.165) is 0 Å². The van der Waals surface area contributed by atoms with Crippen molar-refractivity contribution in [3.63, 3.8) is 0 Å². The Morgan fingerprint density at radius 2 is 1.26 bits per heavy atom. The second-order valence-electron chi connectivity index (χ2n) is 4.37. The fourth-order valence-electron chi connectivity index (χ4n) is 1.72. The van der Waals surface area contributed by atoms with Crippen molar-refractivity contribution < 1.29 is 19.2 Å². The van der Waals surface area contributed by atoms with Crippen molar-refractivity contribution in [1.82, 2.24) is 21.3 Å². The van der Waals surface area contributed by atoms with Crippen molar-refractivity contribution in [2.75, 3.05) is 0 Å². The van der Waals surface area contributed by atoms with Crippen molar-refractivity contribution in [2.24, 2.45) is 5.92 Å². The summed E-state index contributed by atoms with van der Waals surface area (Å²) < 4.78 is 0. The molecule has 0 aliphatic carbocycles. The van der Waals surface area contributed by atoms with E-state index in [2.05, 4.69) is 45.7 Å². The predicted octanol–water partition coefficient (Wildman–Crippen LogP) is -1.30. The Bertz CT molecular complexity index is 681. The van der Waals surface area contributed by atoms with Gasteiger partial charge >= 0.3 is 0 Å². The first-order valence-electron chi connectivity index (χ1n) is 6.26. The summed E-state index contributed by atoms with van der Waals surface area (Å²) in [5.74, 6) is -3.26. The normalized spacial score (nSPS) is 19.7. The average molecular weight is 350 g/mol. The molecule has 118 valence electrons. The molecule has 2 aliphatic rings. The predicted molar refractivity (Wildman–Crippen MR) is 87.6 cm³/mol. The molecular formula is C13H10N4O4S2. The molecule has 2 heterocycles. The van der Waals surface area contributed by atoms with Crippen LogP contribution in [0.4, 0.5) is 0 Å². The average Bonchev–Trinajstić information content (AvgIpc) is 2.42. The number of hydrogen-bond donors (Lipinski definition) is 4. The largest absolute Gasteiger partial charge is 0.302 e. The fraction of sp³-hybridized carbons (Fsp3) is 0.0769. The van der Waals surface area contributed by atoms with Gasteiger partial charge in [-0.25, -0.2) is 0 Å². The molecule has 0 aromatic heterocycles. The zero-order chi connectivity index (χ0) is 17.0. The van der Waals surface area contributed by atoms with Crippen molar-refractivity contribution in [2.45, 2.75) is 0 Å². The minimum atomic E-state index is -1.00. The number of allylic oxidation sites excluding steroid dienone is 4. The molecule has 0 saturated carbocycles. The van der Waals surface area contributed by atoms with Crippen LogP contribution in [0.5, 0.6) is 0 Å². The molecule has 2 rings (SSSR count). The van der Waals surface area contributed by atoms with E-state index in [1.165, 1.54) is 30.4 Å². The lowest BCUT2D eigenvalue weighted by Gasteiger charge is -2.19. The molecule has 4 N–H and O–H groups in total. The van der Waals surface area contributed by atoms with E-state index in [9.17, 15) is 19.2 Å². The third-order valence-corrected chi connectivity index (χ3v) is 3.18. The van der Waals surface area contributed by atoms with E-state index in [-0.39, 0.29) is 15.8 Å². The molecule has 23 heavy (non-hydrogen) atoms. The van der Waals surface area contributed by atoms with Crippen LogP contribution in [0.25, 0.3) is 0 Å². The quantitative estimate of drug-likeness (QED) is 0.165. The van der Waals surface area contributed by atoms with Gasteiger partial charge in [-0.2, -0.15) is 0 Å². The number of nitrogens with one attached hydrogen (secondary N) is 4. The van der Waals surface area contributed by atoms with Gasteiger partial charge in [-0.3, -0.25) is 29.8 Å². The summed E-state index contributed by atoms with van der Waals surface area (Å²) in [7, 11) is 0. The topological polar surface area (TPSA) is 116 Å². The van der Waals surface area contributed by atoms with E-state index in [4.69, 9.17) is 0 Å². The third-order valence-electron chi connectivity index (χ3n) is 2.77. The van der Waals surface area contributed by atoms with Gasteiger partial charge in [0.15, 0.2) is 10.2 Å². The van der Waals surface area contributed by atoms with Gasteiger partial charge in [0, 0.05) is 0 Å². The Morgan fingerprint density at radius 1 is 0.739 bits per heavy atom. The number of hydrogen-bond acceptors (Lipinski definition) is 6. The van der Waals surface area contributed by atoms with Crippen LogP contribution in [-0.2, 0) is 19.2 Å². The van der Waals surface area contributed by atoms with Gasteiger partial charge in [-0.15, -0.1) is 0 Å². The highest BCUT2D eigenvalue weighted by atomic mass is 32.1. The molecule has 0 radical (unpaired) electrons. The highest BCUT2D eigenvalue weighted by Gasteiger charge is 2.29. The Hall–Kier alpha value is -2.72. The highest BCUT2D eigenvalue weighted by molar-refractivity contribution is 7.80. The van der Waals surface area contributed by atoms with E-state index in [1.807, 2.05) is 0 Å². The third kappa shape index (κ3) is 4.14. The van der Waals surface area contributed by atoms with Gasteiger partial charge in [0.05, 0.1) is 0 Å². The Labute approximate surface area is 141 Å².